The fraction of sp³-hybridized carbons (Fsp3) is 0.250. The molecule has 0 atom stereocenters. The molecule has 0 fully saturated rings. The second-order valence-corrected chi connectivity index (χ2v) is 4.12. The first-order chi connectivity index (χ1) is 7.20. The summed E-state index contributed by atoms with van der Waals surface area (Å²) in [5, 5.41) is 0. The molecule has 0 aliphatic heterocycles. The van der Waals surface area contributed by atoms with Gasteiger partial charge < -0.3 is 9.97 Å². The number of imidazole rings is 2. The van der Waals surface area contributed by atoms with Gasteiger partial charge in [-0.1, -0.05) is 0 Å². The molecule has 2 heterocycles. The second-order valence-electron chi connectivity index (χ2n) is 2.40. The van der Waals surface area contributed by atoms with Crippen molar-refractivity contribution in [3.05, 3.63) is 36.4 Å². The average molecular weight is 294 g/mol. The van der Waals surface area contributed by atoms with Crippen LogP contribution in [0.1, 0.15) is 11.6 Å². The SMILES string of the molecule is Cc1ncc[nH]1.Cc1ncc[nH]1.[Cl][Co][Cl]. The number of H-pyrrole nitrogens is 2. The van der Waals surface area contributed by atoms with Gasteiger partial charge in [0, 0.05) is 24.8 Å². The van der Waals surface area contributed by atoms with Crippen molar-refractivity contribution in [1.82, 2.24) is 19.9 Å². The Morgan fingerprint density at radius 3 is 1.40 bits per heavy atom. The predicted octanol–water partition coefficient (Wildman–Crippen LogP) is 2.81. The number of rotatable bonds is 0. The van der Waals surface area contributed by atoms with Gasteiger partial charge in [-0.2, -0.15) is 0 Å². The summed E-state index contributed by atoms with van der Waals surface area (Å²) in [4.78, 5) is 13.5. The molecule has 2 N–H and O–H groups in total. The molecule has 2 aromatic rings. The van der Waals surface area contributed by atoms with Crippen LogP contribution in [0.2, 0.25) is 0 Å². The van der Waals surface area contributed by atoms with Crippen molar-refractivity contribution >= 4 is 20.3 Å². The van der Waals surface area contributed by atoms with Crippen LogP contribution in [0.25, 0.3) is 0 Å². The summed E-state index contributed by atoms with van der Waals surface area (Å²) in [5.74, 6) is 1.94. The molecule has 7 heteroatoms. The summed E-state index contributed by atoms with van der Waals surface area (Å²) in [6, 6.07) is 0. The molecule has 0 amide bonds. The molecule has 4 nitrogen and oxygen atoms in total. The number of nitrogens with one attached hydrogen (secondary N) is 2. The maximum atomic E-state index is 4.73. The van der Waals surface area contributed by atoms with E-state index >= 15 is 0 Å². The van der Waals surface area contributed by atoms with Crippen molar-refractivity contribution in [2.24, 2.45) is 0 Å². The molecule has 0 aliphatic rings. The van der Waals surface area contributed by atoms with Crippen LogP contribution in [-0.4, -0.2) is 19.9 Å². The van der Waals surface area contributed by atoms with Crippen molar-refractivity contribution in [1.29, 1.82) is 0 Å². The molecular formula is C8H12Cl2CoN4. The zero-order chi connectivity index (χ0) is 11.5. The van der Waals surface area contributed by atoms with Gasteiger partial charge in [-0.05, 0) is 13.8 Å². The van der Waals surface area contributed by atoms with E-state index in [0.29, 0.717) is 12.9 Å². The summed E-state index contributed by atoms with van der Waals surface area (Å²) in [6.45, 7) is 3.83. The number of aromatic nitrogens is 4. The van der Waals surface area contributed by atoms with Gasteiger partial charge in [0.05, 0.1) is 0 Å². The molecule has 15 heavy (non-hydrogen) atoms. The van der Waals surface area contributed by atoms with Crippen LogP contribution in [-0.2, 0) is 12.9 Å². The summed E-state index contributed by atoms with van der Waals surface area (Å²) in [7, 11) is 9.47. The van der Waals surface area contributed by atoms with E-state index in [-0.39, 0.29) is 0 Å². The van der Waals surface area contributed by atoms with E-state index in [9.17, 15) is 0 Å². The van der Waals surface area contributed by atoms with E-state index < -0.39 is 0 Å². The van der Waals surface area contributed by atoms with Gasteiger partial charge in [-0.15, -0.1) is 0 Å². The summed E-state index contributed by atoms with van der Waals surface area (Å²) < 4.78 is 0. The van der Waals surface area contributed by atoms with E-state index in [0.717, 1.165) is 11.6 Å². The van der Waals surface area contributed by atoms with Crippen molar-refractivity contribution in [3.8, 4) is 0 Å². The molecule has 0 radical (unpaired) electrons. The fourth-order valence-electron chi connectivity index (χ4n) is 0.688. The Bertz CT molecular complexity index is 277. The van der Waals surface area contributed by atoms with Crippen molar-refractivity contribution in [2.45, 2.75) is 13.8 Å². The number of halogens is 2. The Hall–Kier alpha value is -0.494. The Kier molecular flexibility index (Phi) is 9.71. The Balaban J connectivity index is 0.000000210. The number of hydrogen-bond donors (Lipinski definition) is 2. The third-order valence-electron chi connectivity index (χ3n) is 1.27. The van der Waals surface area contributed by atoms with Crippen LogP contribution in [0.5, 0.6) is 0 Å². The van der Waals surface area contributed by atoms with E-state index in [1.165, 1.54) is 0 Å². The summed E-state index contributed by atoms with van der Waals surface area (Å²) >= 11 is 0.382. The summed E-state index contributed by atoms with van der Waals surface area (Å²) in [6.07, 6.45) is 7.06. The van der Waals surface area contributed by atoms with Gasteiger partial charge >= 0.3 is 33.2 Å². The van der Waals surface area contributed by atoms with Crippen molar-refractivity contribution < 1.29 is 12.9 Å². The molecular weight excluding hydrogens is 282 g/mol. The van der Waals surface area contributed by atoms with Crippen molar-refractivity contribution in [3.63, 3.8) is 0 Å². The number of hydrogen-bond acceptors (Lipinski definition) is 2. The first-order valence-electron chi connectivity index (χ1n) is 3.96. The maximum absolute atomic E-state index is 4.73. The zero-order valence-corrected chi connectivity index (χ0v) is 10.8. The minimum absolute atomic E-state index is 0.382. The first kappa shape index (κ1) is 14.5. The third-order valence-corrected chi connectivity index (χ3v) is 1.27. The van der Waals surface area contributed by atoms with E-state index in [4.69, 9.17) is 20.3 Å². The monoisotopic (exact) mass is 293 g/mol. The molecule has 0 saturated carbocycles. The van der Waals surface area contributed by atoms with Gasteiger partial charge in [0.15, 0.2) is 0 Å². The minimum atomic E-state index is 0.382. The first-order valence-corrected chi connectivity index (χ1v) is 6.82. The number of nitrogens with zero attached hydrogens (tertiary/aromatic N) is 2. The van der Waals surface area contributed by atoms with Gasteiger partial charge in [0.25, 0.3) is 0 Å². The van der Waals surface area contributed by atoms with Gasteiger partial charge in [0.2, 0.25) is 0 Å². The predicted molar refractivity (Wildman–Crippen MR) is 58.4 cm³/mol. The van der Waals surface area contributed by atoms with E-state index in [2.05, 4.69) is 19.9 Å². The van der Waals surface area contributed by atoms with Gasteiger partial charge in [-0.3, -0.25) is 0 Å². The molecule has 0 aromatic carbocycles. The van der Waals surface area contributed by atoms with Crippen LogP contribution in [0.3, 0.4) is 0 Å². The molecule has 0 saturated heterocycles. The van der Waals surface area contributed by atoms with Gasteiger partial charge in [-0.25, -0.2) is 9.97 Å². The van der Waals surface area contributed by atoms with Gasteiger partial charge in [0.1, 0.15) is 11.6 Å². The molecule has 87 valence electrons. The number of aromatic amines is 2. The van der Waals surface area contributed by atoms with Crippen LogP contribution in [0, 0.1) is 13.8 Å². The Morgan fingerprint density at radius 1 is 1.00 bits per heavy atom. The topological polar surface area (TPSA) is 57.4 Å². The molecule has 0 bridgehead atoms. The Labute approximate surface area is 103 Å². The van der Waals surface area contributed by atoms with Crippen LogP contribution >= 0.6 is 20.3 Å². The molecule has 0 spiro atoms. The third kappa shape index (κ3) is 9.80. The standard InChI is InChI=1S/2C4H6N2.2ClH.Co/c2*1-4-5-2-3-6-4;;;/h2*2-3H,1H3,(H,5,6);2*1H;/q;;;;+2/p-2. The van der Waals surface area contributed by atoms with Crippen LogP contribution < -0.4 is 0 Å². The van der Waals surface area contributed by atoms with Crippen LogP contribution in [0.4, 0.5) is 0 Å². The van der Waals surface area contributed by atoms with Crippen LogP contribution in [0.15, 0.2) is 24.8 Å². The van der Waals surface area contributed by atoms with E-state index in [1.54, 1.807) is 24.8 Å². The molecule has 2 rings (SSSR count). The molecule has 2 aromatic heterocycles. The van der Waals surface area contributed by atoms with Crippen molar-refractivity contribution in [2.75, 3.05) is 0 Å². The number of aryl methyl sites for hydroxylation is 2. The summed E-state index contributed by atoms with van der Waals surface area (Å²) in [5.41, 5.74) is 0. The fourth-order valence-corrected chi connectivity index (χ4v) is 0.688. The van der Waals surface area contributed by atoms with E-state index in [1.807, 2.05) is 13.8 Å². The second kappa shape index (κ2) is 10.0. The molecule has 0 aliphatic carbocycles. The molecule has 0 unspecified atom stereocenters. The zero-order valence-electron chi connectivity index (χ0n) is 8.29. The quantitative estimate of drug-likeness (QED) is 0.785. The normalized spacial score (nSPS) is 8.53. The average Bonchev–Trinajstić information content (AvgIpc) is 2.81. The Morgan fingerprint density at radius 2 is 1.33 bits per heavy atom.